The molecule has 1 heterocycles. The molecule has 0 saturated carbocycles. The Kier molecular flexibility index (Phi) is 4.67. The fourth-order valence-corrected chi connectivity index (χ4v) is 2.13. The van der Waals surface area contributed by atoms with E-state index in [0.29, 0.717) is 4.68 Å². The summed E-state index contributed by atoms with van der Waals surface area (Å²) in [5, 5.41) is 6.78. The topological polar surface area (TPSA) is 51.0 Å². The van der Waals surface area contributed by atoms with Crippen LogP contribution in [0.1, 0.15) is 30.0 Å². The van der Waals surface area contributed by atoms with E-state index in [1.165, 1.54) is 17.0 Å². The number of amides is 1. The molecule has 23 heavy (non-hydrogen) atoms. The molecule has 1 amide bonds. The largest absolute Gasteiger partial charge is 0.435 e. The fourth-order valence-electron chi connectivity index (χ4n) is 2.13. The summed E-state index contributed by atoms with van der Waals surface area (Å²) in [6, 6.07) is 4.47. The third-order valence-corrected chi connectivity index (χ3v) is 3.24. The summed E-state index contributed by atoms with van der Waals surface area (Å²) in [6.45, 7) is 3.76. The van der Waals surface area contributed by atoms with Crippen molar-refractivity contribution in [2.75, 3.05) is 13.1 Å². The molecule has 1 aromatic heterocycles. The van der Waals surface area contributed by atoms with Crippen LogP contribution in [0.15, 0.2) is 24.3 Å². The zero-order valence-electron chi connectivity index (χ0n) is 12.4. The summed E-state index contributed by atoms with van der Waals surface area (Å²) in [6.07, 6.45) is -4.87. The van der Waals surface area contributed by atoms with E-state index in [1.54, 1.807) is 13.8 Å². The highest BCUT2D eigenvalue weighted by Crippen LogP contribution is 2.33. The highest BCUT2D eigenvalue weighted by atomic mass is 19.4. The van der Waals surface area contributed by atoms with Gasteiger partial charge in [0.2, 0.25) is 0 Å². The van der Waals surface area contributed by atoms with Gasteiger partial charge in [0.1, 0.15) is 5.82 Å². The van der Waals surface area contributed by atoms with Crippen molar-refractivity contribution in [1.82, 2.24) is 19.9 Å². The molecular formula is C14H14F4N4O. The second kappa shape index (κ2) is 6.35. The van der Waals surface area contributed by atoms with Gasteiger partial charge in [-0.05, 0) is 32.0 Å². The van der Waals surface area contributed by atoms with Crippen LogP contribution < -0.4 is 0 Å². The van der Waals surface area contributed by atoms with Crippen molar-refractivity contribution in [3.63, 3.8) is 0 Å². The Morgan fingerprint density at radius 2 is 1.91 bits per heavy atom. The van der Waals surface area contributed by atoms with Crippen LogP contribution in [0.4, 0.5) is 17.6 Å². The van der Waals surface area contributed by atoms with Crippen molar-refractivity contribution in [2.45, 2.75) is 20.0 Å². The lowest BCUT2D eigenvalue weighted by Gasteiger charge is -2.18. The maximum atomic E-state index is 13.4. The number of rotatable bonds is 4. The fraction of sp³-hybridized carbons (Fsp3) is 0.357. The highest BCUT2D eigenvalue weighted by molar-refractivity contribution is 5.93. The number of alkyl halides is 3. The monoisotopic (exact) mass is 330 g/mol. The van der Waals surface area contributed by atoms with Crippen LogP contribution in [0.2, 0.25) is 0 Å². The normalized spacial score (nSPS) is 11.6. The van der Waals surface area contributed by atoms with Gasteiger partial charge in [0.05, 0.1) is 5.69 Å². The first-order valence-corrected chi connectivity index (χ1v) is 6.87. The summed E-state index contributed by atoms with van der Waals surface area (Å²) in [4.78, 5) is 13.4. The van der Waals surface area contributed by atoms with Gasteiger partial charge >= 0.3 is 6.18 Å². The van der Waals surface area contributed by atoms with Gasteiger partial charge in [-0.1, -0.05) is 11.3 Å². The van der Waals surface area contributed by atoms with Gasteiger partial charge in [-0.25, -0.2) is 9.07 Å². The van der Waals surface area contributed by atoms with Crippen molar-refractivity contribution in [3.05, 3.63) is 41.5 Å². The molecule has 124 valence electrons. The maximum Gasteiger partial charge on any atom is 0.435 e. The SMILES string of the molecule is CCN(CC)C(=O)c1nnn(-c2cccc(F)c2)c1C(F)(F)F. The Labute approximate surface area is 129 Å². The number of aromatic nitrogens is 3. The third kappa shape index (κ3) is 3.33. The van der Waals surface area contributed by atoms with Crippen molar-refractivity contribution in [1.29, 1.82) is 0 Å². The first-order chi connectivity index (χ1) is 10.8. The molecule has 0 spiro atoms. The molecule has 0 saturated heterocycles. The first-order valence-electron chi connectivity index (χ1n) is 6.87. The number of carbonyl (C=O) groups is 1. The molecule has 2 rings (SSSR count). The summed E-state index contributed by atoms with van der Waals surface area (Å²) in [5.41, 5.74) is -2.28. The zero-order valence-corrected chi connectivity index (χ0v) is 12.4. The third-order valence-electron chi connectivity index (χ3n) is 3.24. The van der Waals surface area contributed by atoms with E-state index >= 15 is 0 Å². The summed E-state index contributed by atoms with van der Waals surface area (Å²) in [5.74, 6) is -1.59. The second-order valence-electron chi connectivity index (χ2n) is 4.65. The quantitative estimate of drug-likeness (QED) is 0.810. The maximum absolute atomic E-state index is 13.4. The molecule has 0 fully saturated rings. The van der Waals surface area contributed by atoms with E-state index in [1.807, 2.05) is 0 Å². The van der Waals surface area contributed by atoms with Crippen LogP contribution in [-0.4, -0.2) is 38.9 Å². The minimum Gasteiger partial charge on any atom is -0.338 e. The molecule has 0 atom stereocenters. The lowest BCUT2D eigenvalue weighted by atomic mass is 10.2. The van der Waals surface area contributed by atoms with Crippen LogP contribution in [0.3, 0.4) is 0 Å². The summed E-state index contributed by atoms with van der Waals surface area (Å²) < 4.78 is 53.9. The molecule has 0 bridgehead atoms. The Morgan fingerprint density at radius 3 is 2.43 bits per heavy atom. The Hall–Kier alpha value is -2.45. The van der Waals surface area contributed by atoms with Gasteiger partial charge in [0, 0.05) is 13.1 Å². The van der Waals surface area contributed by atoms with Gasteiger partial charge < -0.3 is 4.90 Å². The molecule has 9 heteroatoms. The number of halogens is 4. The van der Waals surface area contributed by atoms with E-state index in [9.17, 15) is 22.4 Å². The molecule has 5 nitrogen and oxygen atoms in total. The van der Waals surface area contributed by atoms with Crippen LogP contribution >= 0.6 is 0 Å². The van der Waals surface area contributed by atoms with Gasteiger partial charge in [0.15, 0.2) is 11.4 Å². The molecule has 0 unspecified atom stereocenters. The minimum absolute atomic E-state index is 0.163. The van der Waals surface area contributed by atoms with Crippen LogP contribution in [0.5, 0.6) is 0 Å². The van der Waals surface area contributed by atoms with Crippen molar-refractivity contribution < 1.29 is 22.4 Å². The molecule has 1 aromatic carbocycles. The summed E-state index contributed by atoms with van der Waals surface area (Å²) in [7, 11) is 0. The van der Waals surface area contributed by atoms with E-state index in [4.69, 9.17) is 0 Å². The zero-order chi connectivity index (χ0) is 17.2. The van der Waals surface area contributed by atoms with E-state index in [2.05, 4.69) is 10.3 Å². The standard InChI is InChI=1S/C14H14F4N4O/c1-3-21(4-2)13(23)11-12(14(16,17)18)22(20-19-11)10-7-5-6-9(15)8-10/h5-8H,3-4H2,1-2H3. The van der Waals surface area contributed by atoms with Crippen LogP contribution in [-0.2, 0) is 6.18 Å². The smallest absolute Gasteiger partial charge is 0.338 e. The van der Waals surface area contributed by atoms with E-state index in [0.717, 1.165) is 12.1 Å². The predicted molar refractivity (Wildman–Crippen MR) is 73.6 cm³/mol. The van der Waals surface area contributed by atoms with E-state index < -0.39 is 29.3 Å². The van der Waals surface area contributed by atoms with Crippen molar-refractivity contribution in [3.8, 4) is 5.69 Å². The minimum atomic E-state index is -4.87. The van der Waals surface area contributed by atoms with E-state index in [-0.39, 0.29) is 18.8 Å². The Morgan fingerprint density at radius 1 is 1.26 bits per heavy atom. The summed E-state index contributed by atoms with van der Waals surface area (Å²) >= 11 is 0. The molecule has 0 radical (unpaired) electrons. The number of hydrogen-bond donors (Lipinski definition) is 0. The predicted octanol–water partition coefficient (Wildman–Crippen LogP) is 2.91. The first kappa shape index (κ1) is 16.9. The average molecular weight is 330 g/mol. The Bertz CT molecular complexity index is 707. The Balaban J connectivity index is 2.61. The number of benzene rings is 1. The van der Waals surface area contributed by atoms with Gasteiger partial charge in [0.25, 0.3) is 5.91 Å². The molecule has 0 aliphatic carbocycles. The number of nitrogens with zero attached hydrogens (tertiary/aromatic N) is 4. The highest BCUT2D eigenvalue weighted by Gasteiger charge is 2.42. The number of carbonyl (C=O) groups excluding carboxylic acids is 1. The number of hydrogen-bond acceptors (Lipinski definition) is 3. The van der Waals surface area contributed by atoms with Gasteiger partial charge in [-0.3, -0.25) is 4.79 Å². The molecule has 0 aliphatic rings. The van der Waals surface area contributed by atoms with Gasteiger partial charge in [-0.2, -0.15) is 13.2 Å². The van der Waals surface area contributed by atoms with Crippen LogP contribution in [0.25, 0.3) is 5.69 Å². The van der Waals surface area contributed by atoms with Gasteiger partial charge in [-0.15, -0.1) is 5.10 Å². The lowest BCUT2D eigenvalue weighted by Crippen LogP contribution is -2.32. The van der Waals surface area contributed by atoms with Crippen molar-refractivity contribution >= 4 is 5.91 Å². The molecule has 2 aromatic rings. The second-order valence-corrected chi connectivity index (χ2v) is 4.65. The molecule has 0 aliphatic heterocycles. The molecule has 0 N–H and O–H groups in total. The molecular weight excluding hydrogens is 316 g/mol. The average Bonchev–Trinajstić information content (AvgIpc) is 2.93. The van der Waals surface area contributed by atoms with Crippen molar-refractivity contribution in [2.24, 2.45) is 0 Å². The lowest BCUT2D eigenvalue weighted by molar-refractivity contribution is -0.143. The van der Waals surface area contributed by atoms with Crippen LogP contribution in [0, 0.1) is 5.82 Å².